The summed E-state index contributed by atoms with van der Waals surface area (Å²) in [6.45, 7) is 0. The molecule has 0 aliphatic heterocycles. The normalized spacial score (nSPS) is 11.4. The van der Waals surface area contributed by atoms with Gasteiger partial charge in [0, 0.05) is 45.3 Å². The second kappa shape index (κ2) is 3.81. The highest BCUT2D eigenvalue weighted by Crippen LogP contribution is 2.32. The number of hydrogen-bond donors (Lipinski definition) is 2. The molecule has 0 aliphatic carbocycles. The van der Waals surface area contributed by atoms with E-state index in [2.05, 4.69) is 9.97 Å². The maximum atomic E-state index is 6.01. The zero-order valence-electron chi connectivity index (χ0n) is 10.7. The van der Waals surface area contributed by atoms with Crippen LogP contribution in [0.15, 0.2) is 48.8 Å². The standard InChI is InChI=1S/C16H12N4/c17-13-5-8-20-16-10-2-4-12-14(18)6-7-19-15(12)9(10)1-3-11(13)16/h1-8H,(H2,18,19)(H2,17,20). The van der Waals surface area contributed by atoms with E-state index in [1.807, 2.05) is 36.4 Å². The number of hydrogen-bond acceptors (Lipinski definition) is 4. The van der Waals surface area contributed by atoms with E-state index in [4.69, 9.17) is 11.5 Å². The van der Waals surface area contributed by atoms with Gasteiger partial charge in [-0.15, -0.1) is 0 Å². The molecular formula is C16H12N4. The van der Waals surface area contributed by atoms with Gasteiger partial charge < -0.3 is 11.5 Å². The number of nitrogens with zero attached hydrogens (tertiary/aromatic N) is 2. The van der Waals surface area contributed by atoms with E-state index in [1.54, 1.807) is 12.4 Å². The number of anilines is 2. The first kappa shape index (κ1) is 11.0. The van der Waals surface area contributed by atoms with Gasteiger partial charge in [0.1, 0.15) is 0 Å². The van der Waals surface area contributed by atoms with E-state index in [-0.39, 0.29) is 0 Å². The molecule has 96 valence electrons. The van der Waals surface area contributed by atoms with Crippen LogP contribution in [0.25, 0.3) is 32.6 Å². The number of fused-ring (bicyclic) bond motifs is 5. The summed E-state index contributed by atoms with van der Waals surface area (Å²) in [4.78, 5) is 8.92. The molecule has 4 heteroatoms. The molecule has 4 aromatic rings. The summed E-state index contributed by atoms with van der Waals surface area (Å²) in [6.07, 6.45) is 3.46. The van der Waals surface area contributed by atoms with E-state index < -0.39 is 0 Å². The zero-order valence-corrected chi connectivity index (χ0v) is 10.7. The SMILES string of the molecule is Nc1ccnc2c1ccc1c2ccc2c(N)ccnc21. The van der Waals surface area contributed by atoms with Crippen molar-refractivity contribution >= 4 is 44.0 Å². The minimum Gasteiger partial charge on any atom is -0.398 e. The van der Waals surface area contributed by atoms with E-state index in [9.17, 15) is 0 Å². The Morgan fingerprint density at radius 3 is 1.40 bits per heavy atom. The summed E-state index contributed by atoms with van der Waals surface area (Å²) in [5, 5.41) is 4.01. The van der Waals surface area contributed by atoms with Crippen LogP contribution in [0.3, 0.4) is 0 Å². The van der Waals surface area contributed by atoms with Crippen molar-refractivity contribution in [2.45, 2.75) is 0 Å². The van der Waals surface area contributed by atoms with Crippen molar-refractivity contribution in [2.75, 3.05) is 11.5 Å². The van der Waals surface area contributed by atoms with Crippen LogP contribution in [0.4, 0.5) is 11.4 Å². The van der Waals surface area contributed by atoms with Crippen LogP contribution in [-0.2, 0) is 0 Å². The van der Waals surface area contributed by atoms with Gasteiger partial charge in [-0.1, -0.05) is 24.3 Å². The van der Waals surface area contributed by atoms with Crippen LogP contribution in [0, 0.1) is 0 Å². The molecule has 20 heavy (non-hydrogen) atoms. The number of nitrogens with two attached hydrogens (primary N) is 2. The van der Waals surface area contributed by atoms with Gasteiger partial charge in [-0.05, 0) is 12.1 Å². The number of aromatic nitrogens is 2. The van der Waals surface area contributed by atoms with Gasteiger partial charge in [0.15, 0.2) is 0 Å². The lowest BCUT2D eigenvalue weighted by Crippen LogP contribution is -1.92. The molecule has 0 saturated carbocycles. The highest BCUT2D eigenvalue weighted by molar-refractivity contribution is 6.17. The van der Waals surface area contributed by atoms with E-state index in [0.717, 1.165) is 44.0 Å². The summed E-state index contributed by atoms with van der Waals surface area (Å²) in [6, 6.07) is 11.7. The fourth-order valence-corrected chi connectivity index (χ4v) is 2.68. The summed E-state index contributed by atoms with van der Waals surface area (Å²) >= 11 is 0. The van der Waals surface area contributed by atoms with Crippen molar-refractivity contribution in [3.8, 4) is 0 Å². The first-order valence-corrected chi connectivity index (χ1v) is 6.36. The fourth-order valence-electron chi connectivity index (χ4n) is 2.68. The van der Waals surface area contributed by atoms with Gasteiger partial charge in [0.2, 0.25) is 0 Å². The largest absolute Gasteiger partial charge is 0.398 e. The highest BCUT2D eigenvalue weighted by Gasteiger charge is 2.08. The summed E-state index contributed by atoms with van der Waals surface area (Å²) in [5.41, 5.74) is 15.3. The van der Waals surface area contributed by atoms with Crippen LogP contribution >= 0.6 is 0 Å². The quantitative estimate of drug-likeness (QED) is 0.476. The van der Waals surface area contributed by atoms with E-state index >= 15 is 0 Å². The number of pyridine rings is 2. The number of benzene rings is 2. The molecule has 0 spiro atoms. The smallest absolute Gasteiger partial charge is 0.0801 e. The third-order valence-corrected chi connectivity index (χ3v) is 3.68. The van der Waals surface area contributed by atoms with Crippen LogP contribution in [0.2, 0.25) is 0 Å². The van der Waals surface area contributed by atoms with Gasteiger partial charge in [-0.3, -0.25) is 9.97 Å². The molecule has 0 bridgehead atoms. The Kier molecular flexibility index (Phi) is 2.09. The second-order valence-electron chi connectivity index (χ2n) is 4.82. The average molecular weight is 260 g/mol. The first-order chi connectivity index (χ1) is 9.75. The van der Waals surface area contributed by atoms with Gasteiger partial charge >= 0.3 is 0 Å². The van der Waals surface area contributed by atoms with Crippen molar-refractivity contribution in [1.82, 2.24) is 9.97 Å². The van der Waals surface area contributed by atoms with Crippen LogP contribution in [0.5, 0.6) is 0 Å². The van der Waals surface area contributed by atoms with Gasteiger partial charge in [-0.2, -0.15) is 0 Å². The molecule has 0 unspecified atom stereocenters. The summed E-state index contributed by atoms with van der Waals surface area (Å²) in [7, 11) is 0. The minimum atomic E-state index is 0.734. The lowest BCUT2D eigenvalue weighted by atomic mass is 10.0. The summed E-state index contributed by atoms with van der Waals surface area (Å²) in [5.74, 6) is 0. The van der Waals surface area contributed by atoms with E-state index in [1.165, 1.54) is 0 Å². The van der Waals surface area contributed by atoms with Crippen LogP contribution in [-0.4, -0.2) is 9.97 Å². The Morgan fingerprint density at radius 1 is 0.550 bits per heavy atom. The molecule has 4 rings (SSSR count). The maximum Gasteiger partial charge on any atom is 0.0801 e. The predicted octanol–water partition coefficient (Wildman–Crippen LogP) is 3.10. The van der Waals surface area contributed by atoms with Crippen molar-refractivity contribution in [2.24, 2.45) is 0 Å². The first-order valence-electron chi connectivity index (χ1n) is 6.36. The Hall–Kier alpha value is -2.88. The van der Waals surface area contributed by atoms with Gasteiger partial charge in [0.25, 0.3) is 0 Å². The number of nitrogen functional groups attached to an aromatic ring is 2. The molecule has 2 aromatic heterocycles. The Labute approximate surface area is 115 Å². The lowest BCUT2D eigenvalue weighted by Gasteiger charge is -2.08. The average Bonchev–Trinajstić information content (AvgIpc) is 2.47. The molecule has 4 nitrogen and oxygen atoms in total. The Bertz CT molecular complexity index is 895. The van der Waals surface area contributed by atoms with Gasteiger partial charge in [-0.25, -0.2) is 0 Å². The monoisotopic (exact) mass is 260 g/mol. The second-order valence-corrected chi connectivity index (χ2v) is 4.82. The Morgan fingerprint density at radius 2 is 0.950 bits per heavy atom. The van der Waals surface area contributed by atoms with E-state index in [0.29, 0.717) is 0 Å². The van der Waals surface area contributed by atoms with Gasteiger partial charge in [0.05, 0.1) is 11.0 Å². The fraction of sp³-hybridized carbons (Fsp3) is 0. The maximum absolute atomic E-state index is 6.01. The van der Waals surface area contributed by atoms with Crippen molar-refractivity contribution < 1.29 is 0 Å². The van der Waals surface area contributed by atoms with Crippen molar-refractivity contribution in [3.05, 3.63) is 48.8 Å². The molecule has 0 saturated heterocycles. The third kappa shape index (κ3) is 1.36. The predicted molar refractivity (Wildman–Crippen MR) is 83.4 cm³/mol. The number of rotatable bonds is 0. The topological polar surface area (TPSA) is 77.8 Å². The van der Waals surface area contributed by atoms with Crippen molar-refractivity contribution in [3.63, 3.8) is 0 Å². The summed E-state index contributed by atoms with van der Waals surface area (Å²) < 4.78 is 0. The molecule has 2 heterocycles. The Balaban J connectivity index is 2.28. The third-order valence-electron chi connectivity index (χ3n) is 3.68. The molecule has 0 amide bonds. The molecule has 0 fully saturated rings. The molecular weight excluding hydrogens is 248 g/mol. The lowest BCUT2D eigenvalue weighted by molar-refractivity contribution is 1.42. The molecule has 0 aliphatic rings. The minimum absolute atomic E-state index is 0.734. The molecule has 0 atom stereocenters. The molecule has 2 aromatic carbocycles. The van der Waals surface area contributed by atoms with Crippen LogP contribution in [0.1, 0.15) is 0 Å². The zero-order chi connectivity index (χ0) is 13.7. The highest BCUT2D eigenvalue weighted by atomic mass is 14.7. The van der Waals surface area contributed by atoms with Crippen LogP contribution < -0.4 is 11.5 Å². The molecule has 4 N–H and O–H groups in total. The van der Waals surface area contributed by atoms with Crippen molar-refractivity contribution in [1.29, 1.82) is 0 Å². The molecule has 0 radical (unpaired) electrons.